The zero-order valence-electron chi connectivity index (χ0n) is 14.9. The van der Waals surface area contributed by atoms with Crippen molar-refractivity contribution in [3.63, 3.8) is 0 Å². The van der Waals surface area contributed by atoms with Crippen LogP contribution in [0.4, 0.5) is 0 Å². The van der Waals surface area contributed by atoms with Crippen LogP contribution >= 0.6 is 11.8 Å². The van der Waals surface area contributed by atoms with Crippen LogP contribution in [0.5, 0.6) is 5.75 Å². The summed E-state index contributed by atoms with van der Waals surface area (Å²) in [5.41, 5.74) is 0.972. The van der Waals surface area contributed by atoms with E-state index in [9.17, 15) is 4.79 Å². The first kappa shape index (κ1) is 18.0. The topological polar surface area (TPSA) is 51.1 Å². The normalized spacial score (nSPS) is 25.4. The van der Waals surface area contributed by atoms with Gasteiger partial charge < -0.3 is 14.4 Å². The second-order valence-electron chi connectivity index (χ2n) is 6.39. The Kier molecular flexibility index (Phi) is 5.81. The summed E-state index contributed by atoms with van der Waals surface area (Å²) in [5, 5.41) is 0.779. The lowest BCUT2D eigenvalue weighted by Crippen LogP contribution is -2.47. The summed E-state index contributed by atoms with van der Waals surface area (Å²) in [5.74, 6) is 0.681. The molecule has 1 fully saturated rings. The largest absolute Gasteiger partial charge is 0.494 e. The molecule has 2 aliphatic heterocycles. The molecule has 0 unspecified atom stereocenters. The van der Waals surface area contributed by atoms with E-state index < -0.39 is 0 Å². The molecule has 0 bridgehead atoms. The highest BCUT2D eigenvalue weighted by atomic mass is 32.2. The molecule has 6 heteroatoms. The van der Waals surface area contributed by atoms with Gasteiger partial charge in [0.15, 0.2) is 5.17 Å². The fraction of sp³-hybridized carbons (Fsp3) is 0.474. The first-order valence-electron chi connectivity index (χ1n) is 8.71. The van der Waals surface area contributed by atoms with E-state index in [0.29, 0.717) is 11.5 Å². The van der Waals surface area contributed by atoms with Crippen LogP contribution in [0.2, 0.25) is 0 Å². The van der Waals surface area contributed by atoms with Crippen LogP contribution in [0, 0.1) is 0 Å². The maximum Gasteiger partial charge on any atom is 0.286 e. The standard InChI is InChI=1S/C19H24N2O3S/c1-4-9-23-16-7-5-15(6-8-16)10-17-18(22)20-19(25-17)21-11-13(2)24-14(3)12-21/h5-8,10,13-14H,4,9,11-12H2,1-3H3/b17-10+/t13-,14+. The highest BCUT2D eigenvalue weighted by Crippen LogP contribution is 2.31. The summed E-state index contributed by atoms with van der Waals surface area (Å²) in [6.45, 7) is 8.41. The predicted molar refractivity (Wildman–Crippen MR) is 102 cm³/mol. The zero-order valence-corrected chi connectivity index (χ0v) is 15.7. The third-order valence-electron chi connectivity index (χ3n) is 3.95. The van der Waals surface area contributed by atoms with Gasteiger partial charge in [-0.15, -0.1) is 0 Å². The minimum atomic E-state index is -0.168. The Morgan fingerprint density at radius 1 is 1.28 bits per heavy atom. The minimum absolute atomic E-state index is 0.144. The van der Waals surface area contributed by atoms with E-state index in [1.807, 2.05) is 44.2 Å². The van der Waals surface area contributed by atoms with Crippen molar-refractivity contribution in [3.05, 3.63) is 34.7 Å². The average Bonchev–Trinajstić information content (AvgIpc) is 2.94. The molecular weight excluding hydrogens is 336 g/mol. The number of nitrogens with zero attached hydrogens (tertiary/aromatic N) is 2. The van der Waals surface area contributed by atoms with Crippen LogP contribution in [0.3, 0.4) is 0 Å². The first-order chi connectivity index (χ1) is 12.0. The second kappa shape index (κ2) is 8.06. The van der Waals surface area contributed by atoms with Crippen LogP contribution in [0.1, 0.15) is 32.8 Å². The van der Waals surface area contributed by atoms with Gasteiger partial charge in [-0.05, 0) is 55.8 Å². The fourth-order valence-electron chi connectivity index (χ4n) is 2.90. The van der Waals surface area contributed by atoms with E-state index in [1.165, 1.54) is 11.8 Å². The summed E-state index contributed by atoms with van der Waals surface area (Å²) < 4.78 is 11.3. The Hall–Kier alpha value is -1.79. The minimum Gasteiger partial charge on any atom is -0.494 e. The van der Waals surface area contributed by atoms with Gasteiger partial charge in [-0.3, -0.25) is 4.79 Å². The van der Waals surface area contributed by atoms with Crippen LogP contribution in [0.25, 0.3) is 6.08 Å². The summed E-state index contributed by atoms with van der Waals surface area (Å²) in [7, 11) is 0. The number of hydrogen-bond donors (Lipinski definition) is 0. The van der Waals surface area contributed by atoms with Gasteiger partial charge in [0.25, 0.3) is 5.91 Å². The lowest BCUT2D eigenvalue weighted by molar-refractivity contribution is -0.113. The molecule has 1 aromatic carbocycles. The van der Waals surface area contributed by atoms with E-state index in [2.05, 4.69) is 16.8 Å². The highest BCUT2D eigenvalue weighted by Gasteiger charge is 2.30. The predicted octanol–water partition coefficient (Wildman–Crippen LogP) is 3.55. The van der Waals surface area contributed by atoms with Crippen molar-refractivity contribution in [1.82, 2.24) is 4.90 Å². The van der Waals surface area contributed by atoms with E-state index in [-0.39, 0.29) is 18.1 Å². The van der Waals surface area contributed by atoms with Crippen molar-refractivity contribution in [1.29, 1.82) is 0 Å². The summed E-state index contributed by atoms with van der Waals surface area (Å²) >= 11 is 1.44. The molecule has 25 heavy (non-hydrogen) atoms. The Morgan fingerprint density at radius 2 is 1.96 bits per heavy atom. The summed E-state index contributed by atoms with van der Waals surface area (Å²) in [6.07, 6.45) is 3.16. The zero-order chi connectivity index (χ0) is 17.8. The summed E-state index contributed by atoms with van der Waals surface area (Å²) in [4.78, 5) is 19.3. The first-order valence-corrected chi connectivity index (χ1v) is 9.52. The molecule has 2 aliphatic rings. The van der Waals surface area contributed by atoms with Crippen LogP contribution in [-0.2, 0) is 9.53 Å². The third-order valence-corrected chi connectivity index (χ3v) is 4.99. The van der Waals surface area contributed by atoms with E-state index in [1.54, 1.807) is 0 Å². The molecule has 0 saturated carbocycles. The van der Waals surface area contributed by atoms with Crippen molar-refractivity contribution < 1.29 is 14.3 Å². The third kappa shape index (κ3) is 4.64. The molecule has 134 valence electrons. The van der Waals surface area contributed by atoms with E-state index in [4.69, 9.17) is 9.47 Å². The Labute approximate surface area is 153 Å². The van der Waals surface area contributed by atoms with Crippen molar-refractivity contribution >= 4 is 28.9 Å². The molecule has 5 nitrogen and oxygen atoms in total. The number of carbonyl (C=O) groups excluding carboxylic acids is 1. The number of aliphatic imine (C=N–C) groups is 1. The van der Waals surface area contributed by atoms with Gasteiger partial charge in [-0.25, -0.2) is 0 Å². The Balaban J connectivity index is 1.66. The van der Waals surface area contributed by atoms with Crippen LogP contribution in [-0.4, -0.2) is 47.9 Å². The van der Waals surface area contributed by atoms with Crippen LogP contribution < -0.4 is 4.74 Å². The molecule has 3 rings (SSSR count). The lowest BCUT2D eigenvalue weighted by atomic mass is 10.2. The molecule has 1 amide bonds. The number of hydrogen-bond acceptors (Lipinski definition) is 5. The molecule has 2 atom stereocenters. The Bertz CT molecular complexity index is 674. The fourth-order valence-corrected chi connectivity index (χ4v) is 3.83. The second-order valence-corrected chi connectivity index (χ2v) is 7.40. The van der Waals surface area contributed by atoms with Gasteiger partial charge in [0.1, 0.15) is 5.75 Å². The molecule has 0 radical (unpaired) electrons. The quantitative estimate of drug-likeness (QED) is 0.769. The van der Waals surface area contributed by atoms with Gasteiger partial charge in [0.05, 0.1) is 23.7 Å². The summed E-state index contributed by atoms with van der Waals surface area (Å²) in [6, 6.07) is 7.78. The van der Waals surface area contributed by atoms with Crippen molar-refractivity contribution in [3.8, 4) is 5.75 Å². The molecule has 0 aliphatic carbocycles. The van der Waals surface area contributed by atoms with E-state index in [0.717, 1.165) is 36.0 Å². The smallest absolute Gasteiger partial charge is 0.286 e. The number of amidine groups is 1. The van der Waals surface area contributed by atoms with E-state index >= 15 is 0 Å². The van der Waals surface area contributed by atoms with Gasteiger partial charge in [-0.1, -0.05) is 19.1 Å². The van der Waals surface area contributed by atoms with Crippen molar-refractivity contribution in [2.45, 2.75) is 39.4 Å². The molecule has 1 saturated heterocycles. The Morgan fingerprint density at radius 3 is 2.60 bits per heavy atom. The number of rotatable bonds is 4. The lowest BCUT2D eigenvalue weighted by Gasteiger charge is -2.35. The molecule has 2 heterocycles. The average molecular weight is 360 g/mol. The number of carbonyl (C=O) groups is 1. The van der Waals surface area contributed by atoms with Crippen molar-refractivity contribution in [2.75, 3.05) is 19.7 Å². The van der Waals surface area contributed by atoms with Crippen LogP contribution in [0.15, 0.2) is 34.2 Å². The van der Waals surface area contributed by atoms with Gasteiger partial charge in [-0.2, -0.15) is 4.99 Å². The van der Waals surface area contributed by atoms with Crippen molar-refractivity contribution in [2.24, 2.45) is 4.99 Å². The molecular formula is C19H24N2O3S. The molecule has 0 aromatic heterocycles. The number of benzene rings is 1. The number of amides is 1. The van der Waals surface area contributed by atoms with Gasteiger partial charge in [0.2, 0.25) is 0 Å². The molecule has 0 spiro atoms. The maximum absolute atomic E-state index is 12.2. The highest BCUT2D eigenvalue weighted by molar-refractivity contribution is 8.18. The SMILES string of the molecule is CCCOc1ccc(/C=C2/SC(N3C[C@@H](C)O[C@@H](C)C3)=NC2=O)cc1. The molecule has 0 N–H and O–H groups in total. The number of morpholine rings is 1. The number of thioether (sulfide) groups is 1. The molecule has 1 aromatic rings. The maximum atomic E-state index is 12.2. The monoisotopic (exact) mass is 360 g/mol. The van der Waals surface area contributed by atoms with Gasteiger partial charge >= 0.3 is 0 Å². The number of ether oxygens (including phenoxy) is 2. The van der Waals surface area contributed by atoms with Gasteiger partial charge in [0, 0.05) is 13.1 Å².